The highest BCUT2D eigenvalue weighted by Crippen LogP contribution is 2.34. The summed E-state index contributed by atoms with van der Waals surface area (Å²) in [6.45, 7) is 4.17. The summed E-state index contributed by atoms with van der Waals surface area (Å²) in [5, 5.41) is 18.4. The van der Waals surface area contributed by atoms with Crippen molar-refractivity contribution in [2.45, 2.75) is 19.9 Å². The molecule has 0 aliphatic carbocycles. The van der Waals surface area contributed by atoms with E-state index in [1.165, 1.54) is 15.7 Å². The van der Waals surface area contributed by atoms with Gasteiger partial charge in [-0.2, -0.15) is 9.38 Å². The zero-order chi connectivity index (χ0) is 15.0. The van der Waals surface area contributed by atoms with Gasteiger partial charge >= 0.3 is 5.82 Å². The molecule has 0 aromatic carbocycles. The zero-order valence-electron chi connectivity index (χ0n) is 11.5. The fraction of sp³-hybridized carbons (Fsp3) is 0.308. The van der Waals surface area contributed by atoms with Gasteiger partial charge in [-0.15, -0.1) is 11.3 Å². The minimum atomic E-state index is -0.388. The number of nitrogens with one attached hydrogen (secondary N) is 1. The highest BCUT2D eigenvalue weighted by atomic mass is 32.1. The van der Waals surface area contributed by atoms with Crippen molar-refractivity contribution < 1.29 is 4.92 Å². The first-order chi connectivity index (χ1) is 10.1. The van der Waals surface area contributed by atoms with E-state index >= 15 is 0 Å². The maximum atomic E-state index is 11.3. The molecule has 0 bridgehead atoms. The number of rotatable bonds is 5. The number of imidazole rings is 1. The molecule has 3 aromatic rings. The average Bonchev–Trinajstić information content (AvgIpc) is 3.11. The van der Waals surface area contributed by atoms with Crippen LogP contribution in [0.3, 0.4) is 0 Å². The summed E-state index contributed by atoms with van der Waals surface area (Å²) in [4.78, 5) is 17.1. The van der Waals surface area contributed by atoms with Gasteiger partial charge in [-0.25, -0.2) is 0 Å². The molecule has 0 radical (unpaired) electrons. The second kappa shape index (κ2) is 5.45. The van der Waals surface area contributed by atoms with Gasteiger partial charge < -0.3 is 15.4 Å². The molecule has 0 aliphatic rings. The van der Waals surface area contributed by atoms with Crippen molar-refractivity contribution >= 4 is 39.3 Å². The Balaban J connectivity index is 2.01. The first-order valence-corrected chi connectivity index (χ1v) is 8.23. The molecule has 0 amide bonds. The summed E-state index contributed by atoms with van der Waals surface area (Å²) in [5.41, 5.74) is 0. The highest BCUT2D eigenvalue weighted by molar-refractivity contribution is 7.15. The van der Waals surface area contributed by atoms with Gasteiger partial charge in [0.05, 0.1) is 6.04 Å². The third-order valence-corrected chi connectivity index (χ3v) is 4.93. The van der Waals surface area contributed by atoms with Crippen LogP contribution in [0.1, 0.15) is 24.8 Å². The molecule has 3 heterocycles. The minimum Gasteiger partial charge on any atom is -0.358 e. The zero-order valence-corrected chi connectivity index (χ0v) is 13.1. The largest absolute Gasteiger partial charge is 0.372 e. The molecule has 1 atom stereocenters. The van der Waals surface area contributed by atoms with Crippen LogP contribution in [0.4, 0.5) is 11.6 Å². The van der Waals surface area contributed by atoms with Crippen molar-refractivity contribution in [2.75, 3.05) is 5.32 Å². The molecule has 21 heavy (non-hydrogen) atoms. The van der Waals surface area contributed by atoms with E-state index in [2.05, 4.69) is 24.1 Å². The summed E-state index contributed by atoms with van der Waals surface area (Å²) in [5.74, 6) is 0.621. The van der Waals surface area contributed by atoms with E-state index < -0.39 is 0 Å². The van der Waals surface area contributed by atoms with E-state index in [1.54, 1.807) is 22.9 Å². The summed E-state index contributed by atoms with van der Waals surface area (Å²) in [6, 6.07) is 4.03. The quantitative estimate of drug-likeness (QED) is 0.565. The summed E-state index contributed by atoms with van der Waals surface area (Å²) in [6.07, 6.45) is 1.67. The number of hydrogen-bond donors (Lipinski definition) is 1. The first-order valence-electron chi connectivity index (χ1n) is 6.48. The molecule has 6 nitrogen and oxygen atoms in total. The molecule has 8 heteroatoms. The molecule has 0 spiro atoms. The first kappa shape index (κ1) is 14.0. The van der Waals surface area contributed by atoms with E-state index in [0.717, 1.165) is 4.88 Å². The van der Waals surface area contributed by atoms with Crippen LogP contribution in [0.25, 0.3) is 4.96 Å². The molecule has 110 valence electrons. The Labute approximate surface area is 129 Å². The fourth-order valence-corrected chi connectivity index (χ4v) is 3.89. The van der Waals surface area contributed by atoms with Gasteiger partial charge in [-0.05, 0) is 22.3 Å². The molecule has 3 aromatic heterocycles. The van der Waals surface area contributed by atoms with Gasteiger partial charge in [0.1, 0.15) is 6.20 Å². The van der Waals surface area contributed by atoms with Crippen molar-refractivity contribution in [3.63, 3.8) is 0 Å². The van der Waals surface area contributed by atoms with Crippen LogP contribution in [-0.4, -0.2) is 14.3 Å². The van der Waals surface area contributed by atoms with Crippen molar-refractivity contribution in [2.24, 2.45) is 5.92 Å². The topological polar surface area (TPSA) is 72.5 Å². The third kappa shape index (κ3) is 2.52. The fourth-order valence-electron chi connectivity index (χ4n) is 2.23. The Morgan fingerprint density at radius 1 is 1.38 bits per heavy atom. The Morgan fingerprint density at radius 3 is 2.81 bits per heavy atom. The standard InChI is InChI=1S/C13H14N4O2S2/c1-8(2)10(9-4-3-6-20-9)14-11-12(17(18)19)16-5-7-21-13(16)15-11/h3-8,10,14H,1-2H3. The van der Waals surface area contributed by atoms with Gasteiger partial charge in [0.25, 0.3) is 4.96 Å². The SMILES string of the molecule is CC(C)C(Nc1nc2sccn2c1[N+](=O)[O-])c1cccs1. The number of hydrogen-bond acceptors (Lipinski definition) is 6. The van der Waals surface area contributed by atoms with E-state index in [4.69, 9.17) is 0 Å². The smallest absolute Gasteiger partial charge is 0.358 e. The second-order valence-electron chi connectivity index (χ2n) is 4.98. The number of anilines is 1. The molecular weight excluding hydrogens is 308 g/mol. The molecule has 1 N–H and O–H groups in total. The molecule has 0 saturated heterocycles. The van der Waals surface area contributed by atoms with Crippen molar-refractivity contribution in [1.82, 2.24) is 9.38 Å². The summed E-state index contributed by atoms with van der Waals surface area (Å²) >= 11 is 3.02. The van der Waals surface area contributed by atoms with Crippen LogP contribution in [0.5, 0.6) is 0 Å². The molecular formula is C13H14N4O2S2. The predicted molar refractivity (Wildman–Crippen MR) is 85.2 cm³/mol. The van der Waals surface area contributed by atoms with Gasteiger partial charge in [0, 0.05) is 10.3 Å². The molecule has 3 rings (SSSR count). The Kier molecular flexibility index (Phi) is 3.64. The lowest BCUT2D eigenvalue weighted by molar-refractivity contribution is -0.389. The van der Waals surface area contributed by atoms with Crippen LogP contribution in [0.15, 0.2) is 29.1 Å². The number of nitrogens with zero attached hydrogens (tertiary/aromatic N) is 3. The summed E-state index contributed by atoms with van der Waals surface area (Å²) in [7, 11) is 0. The van der Waals surface area contributed by atoms with Crippen LogP contribution in [0.2, 0.25) is 0 Å². The maximum absolute atomic E-state index is 11.3. The Morgan fingerprint density at radius 2 is 2.19 bits per heavy atom. The molecule has 0 aliphatic heterocycles. The number of nitro groups is 1. The second-order valence-corrected chi connectivity index (χ2v) is 6.83. The number of fused-ring (bicyclic) bond motifs is 1. The van der Waals surface area contributed by atoms with Gasteiger partial charge in [-0.3, -0.25) is 0 Å². The lowest BCUT2D eigenvalue weighted by Crippen LogP contribution is -2.16. The van der Waals surface area contributed by atoms with E-state index in [0.29, 0.717) is 16.7 Å². The minimum absolute atomic E-state index is 0.00606. The van der Waals surface area contributed by atoms with Gasteiger partial charge in [-0.1, -0.05) is 31.3 Å². The van der Waals surface area contributed by atoms with Crippen LogP contribution < -0.4 is 5.32 Å². The highest BCUT2D eigenvalue weighted by Gasteiger charge is 2.27. The van der Waals surface area contributed by atoms with Gasteiger partial charge in [0.2, 0.25) is 5.82 Å². The van der Waals surface area contributed by atoms with Crippen molar-refractivity contribution in [3.05, 3.63) is 44.1 Å². The lowest BCUT2D eigenvalue weighted by atomic mass is 10.0. The van der Waals surface area contributed by atoms with Crippen LogP contribution >= 0.6 is 22.7 Å². The monoisotopic (exact) mass is 322 g/mol. The predicted octanol–water partition coefficient (Wildman–Crippen LogP) is 4.17. The molecule has 0 saturated carbocycles. The maximum Gasteiger partial charge on any atom is 0.372 e. The molecule has 1 unspecified atom stereocenters. The molecule has 0 fully saturated rings. The summed E-state index contributed by atoms with van der Waals surface area (Å²) < 4.78 is 1.51. The van der Waals surface area contributed by atoms with E-state index in [9.17, 15) is 10.1 Å². The Bertz CT molecular complexity index is 760. The van der Waals surface area contributed by atoms with Gasteiger partial charge in [0.15, 0.2) is 0 Å². The third-order valence-electron chi connectivity index (χ3n) is 3.22. The van der Waals surface area contributed by atoms with Crippen molar-refractivity contribution in [1.29, 1.82) is 0 Å². The van der Waals surface area contributed by atoms with Crippen LogP contribution in [0, 0.1) is 16.0 Å². The number of thiophene rings is 1. The average molecular weight is 322 g/mol. The van der Waals surface area contributed by atoms with E-state index in [-0.39, 0.29) is 16.8 Å². The number of aromatic nitrogens is 2. The number of thiazole rings is 1. The van der Waals surface area contributed by atoms with Crippen molar-refractivity contribution in [3.8, 4) is 0 Å². The van der Waals surface area contributed by atoms with Crippen LogP contribution in [-0.2, 0) is 0 Å². The normalized spacial score (nSPS) is 12.9. The Hall–Kier alpha value is -1.93. The lowest BCUT2D eigenvalue weighted by Gasteiger charge is -2.20. The van der Waals surface area contributed by atoms with E-state index in [1.807, 2.05) is 17.5 Å².